The van der Waals surface area contributed by atoms with Gasteiger partial charge in [0.05, 0.1) is 0 Å². The summed E-state index contributed by atoms with van der Waals surface area (Å²) in [6.45, 7) is 0. The molecule has 1 aromatic rings. The monoisotopic (exact) mass is 165 g/mol. The fraction of sp³-hybridized carbons (Fsp3) is 0. The van der Waals surface area contributed by atoms with Crippen molar-refractivity contribution in [1.29, 1.82) is 0 Å². The van der Waals surface area contributed by atoms with Gasteiger partial charge >= 0.3 is 0 Å². The number of benzene rings is 1. The molecule has 5 heteroatoms. The van der Waals surface area contributed by atoms with E-state index < -0.39 is 29.0 Å². The molecule has 11 heavy (non-hydrogen) atoms. The number of hydrogen-bond donors (Lipinski definition) is 0. The Morgan fingerprint density at radius 3 is 2.00 bits per heavy atom. The van der Waals surface area contributed by atoms with Crippen molar-refractivity contribution in [1.82, 2.24) is 0 Å². The molecule has 0 aliphatic heterocycles. The maximum atomic E-state index is 12.1. The maximum Gasteiger partial charge on any atom is 0.197 e. The van der Waals surface area contributed by atoms with Crippen LogP contribution in [0.15, 0.2) is 6.07 Å². The summed E-state index contributed by atoms with van der Waals surface area (Å²) in [4.78, 5) is 0. The highest BCUT2D eigenvalue weighted by atomic mass is 19.2. The van der Waals surface area contributed by atoms with Crippen molar-refractivity contribution in [2.24, 2.45) is 0 Å². The molecule has 0 N–H and O–H groups in total. The molecule has 0 atom stereocenters. The summed E-state index contributed by atoms with van der Waals surface area (Å²) in [5, 5.41) is 10.2. The number of rotatable bonds is 0. The van der Waals surface area contributed by atoms with Gasteiger partial charge in [0.1, 0.15) is 0 Å². The summed E-state index contributed by atoms with van der Waals surface area (Å²) >= 11 is 0. The van der Waals surface area contributed by atoms with Crippen molar-refractivity contribution in [3.05, 3.63) is 29.3 Å². The average molecular weight is 165 g/mol. The predicted octanol–water partition coefficient (Wildman–Crippen LogP) is 1.32. The lowest BCUT2D eigenvalue weighted by molar-refractivity contribution is -0.273. The lowest BCUT2D eigenvalue weighted by atomic mass is 10.3. The van der Waals surface area contributed by atoms with Crippen molar-refractivity contribution < 1.29 is 22.7 Å². The molecular formula is C6HF4O-. The van der Waals surface area contributed by atoms with Gasteiger partial charge in [0.15, 0.2) is 23.3 Å². The Morgan fingerprint density at radius 1 is 0.909 bits per heavy atom. The van der Waals surface area contributed by atoms with Gasteiger partial charge in [-0.15, -0.1) is 0 Å². The van der Waals surface area contributed by atoms with Crippen LogP contribution in [0.25, 0.3) is 0 Å². The SMILES string of the molecule is [O-]c1cc(F)c(F)c(F)c1F. The molecule has 0 heterocycles. The van der Waals surface area contributed by atoms with E-state index in [1.54, 1.807) is 0 Å². The van der Waals surface area contributed by atoms with E-state index in [9.17, 15) is 22.7 Å². The minimum atomic E-state index is -2.07. The van der Waals surface area contributed by atoms with Crippen LogP contribution in [0.2, 0.25) is 0 Å². The second-order valence-electron chi connectivity index (χ2n) is 1.80. The number of hydrogen-bond acceptors (Lipinski definition) is 1. The number of halogens is 4. The first-order chi connectivity index (χ1) is 5.04. The summed E-state index contributed by atoms with van der Waals surface area (Å²) in [6, 6.07) is 0.0494. The predicted molar refractivity (Wildman–Crippen MR) is 25.7 cm³/mol. The van der Waals surface area contributed by atoms with Gasteiger partial charge in [0, 0.05) is 0 Å². The molecule has 0 amide bonds. The zero-order chi connectivity index (χ0) is 8.59. The highest BCUT2D eigenvalue weighted by molar-refractivity contribution is 5.24. The molecule has 1 rings (SSSR count). The minimum Gasteiger partial charge on any atom is -0.870 e. The van der Waals surface area contributed by atoms with Crippen LogP contribution >= 0.6 is 0 Å². The first-order valence-corrected chi connectivity index (χ1v) is 2.54. The summed E-state index contributed by atoms with van der Waals surface area (Å²) in [5.41, 5.74) is 0. The third kappa shape index (κ3) is 1.13. The molecule has 0 saturated heterocycles. The van der Waals surface area contributed by atoms with Crippen molar-refractivity contribution in [3.8, 4) is 5.75 Å². The Balaban J connectivity index is 3.46. The van der Waals surface area contributed by atoms with Gasteiger partial charge in [-0.2, -0.15) is 0 Å². The van der Waals surface area contributed by atoms with Crippen LogP contribution in [0.5, 0.6) is 5.75 Å². The Kier molecular flexibility index (Phi) is 1.72. The third-order valence-electron chi connectivity index (χ3n) is 1.07. The van der Waals surface area contributed by atoms with E-state index in [-0.39, 0.29) is 6.07 Å². The van der Waals surface area contributed by atoms with Crippen molar-refractivity contribution in [2.45, 2.75) is 0 Å². The lowest BCUT2D eigenvalue weighted by Gasteiger charge is -2.07. The highest BCUT2D eigenvalue weighted by Crippen LogP contribution is 2.20. The van der Waals surface area contributed by atoms with Gasteiger partial charge in [0.25, 0.3) is 0 Å². The zero-order valence-electron chi connectivity index (χ0n) is 5.00. The zero-order valence-corrected chi connectivity index (χ0v) is 5.00. The topological polar surface area (TPSA) is 23.1 Å². The first kappa shape index (κ1) is 7.84. The summed E-state index contributed by atoms with van der Waals surface area (Å²) in [6.07, 6.45) is 0. The molecule has 0 aliphatic rings. The molecule has 0 radical (unpaired) electrons. The molecule has 0 aliphatic carbocycles. The second-order valence-corrected chi connectivity index (χ2v) is 1.80. The van der Waals surface area contributed by atoms with Crippen molar-refractivity contribution >= 4 is 0 Å². The summed E-state index contributed by atoms with van der Waals surface area (Å²) in [7, 11) is 0. The maximum absolute atomic E-state index is 12.1. The Bertz CT molecular complexity index is 271. The van der Waals surface area contributed by atoms with Gasteiger partial charge in [-0.3, -0.25) is 0 Å². The Hall–Kier alpha value is -1.26. The van der Waals surface area contributed by atoms with E-state index in [1.807, 2.05) is 0 Å². The fourth-order valence-corrected chi connectivity index (χ4v) is 0.551. The Morgan fingerprint density at radius 2 is 1.45 bits per heavy atom. The second kappa shape index (κ2) is 2.41. The van der Waals surface area contributed by atoms with Gasteiger partial charge in [-0.05, 0) is 6.07 Å². The van der Waals surface area contributed by atoms with E-state index >= 15 is 0 Å². The molecule has 0 saturated carbocycles. The van der Waals surface area contributed by atoms with Gasteiger partial charge in [-0.25, -0.2) is 17.6 Å². The minimum absolute atomic E-state index is 0.0494. The van der Waals surface area contributed by atoms with E-state index in [0.29, 0.717) is 0 Å². The van der Waals surface area contributed by atoms with Crippen LogP contribution < -0.4 is 5.11 Å². The lowest BCUT2D eigenvalue weighted by Crippen LogP contribution is -2.02. The van der Waals surface area contributed by atoms with Crippen LogP contribution in [0, 0.1) is 23.3 Å². The van der Waals surface area contributed by atoms with Gasteiger partial charge < -0.3 is 5.11 Å². The smallest absolute Gasteiger partial charge is 0.197 e. The van der Waals surface area contributed by atoms with E-state index in [4.69, 9.17) is 0 Å². The summed E-state index contributed by atoms with van der Waals surface area (Å²) in [5.74, 6) is -9.13. The molecule has 1 aromatic carbocycles. The molecule has 0 bridgehead atoms. The summed E-state index contributed by atoms with van der Waals surface area (Å²) < 4.78 is 48.2. The quantitative estimate of drug-likeness (QED) is 0.323. The molecule has 60 valence electrons. The average Bonchev–Trinajstić information content (AvgIpc) is 1.97. The molecule has 0 aromatic heterocycles. The molecule has 0 fully saturated rings. The molecule has 1 nitrogen and oxygen atoms in total. The van der Waals surface area contributed by atoms with Crippen LogP contribution in [0.3, 0.4) is 0 Å². The van der Waals surface area contributed by atoms with E-state index in [0.717, 1.165) is 0 Å². The van der Waals surface area contributed by atoms with Crippen LogP contribution in [0.4, 0.5) is 17.6 Å². The molecule has 0 unspecified atom stereocenters. The van der Waals surface area contributed by atoms with Crippen molar-refractivity contribution in [2.75, 3.05) is 0 Å². The van der Waals surface area contributed by atoms with Crippen LogP contribution in [-0.2, 0) is 0 Å². The van der Waals surface area contributed by atoms with Crippen LogP contribution in [0.1, 0.15) is 0 Å². The van der Waals surface area contributed by atoms with Crippen molar-refractivity contribution in [3.63, 3.8) is 0 Å². The third-order valence-corrected chi connectivity index (χ3v) is 1.07. The normalized spacial score (nSPS) is 10.2. The van der Waals surface area contributed by atoms with Crippen LogP contribution in [-0.4, -0.2) is 0 Å². The molecular weight excluding hydrogens is 164 g/mol. The van der Waals surface area contributed by atoms with E-state index in [2.05, 4.69) is 0 Å². The Labute approximate surface area is 58.9 Å². The largest absolute Gasteiger partial charge is 0.870 e. The van der Waals surface area contributed by atoms with Gasteiger partial charge in [0.2, 0.25) is 0 Å². The first-order valence-electron chi connectivity index (χ1n) is 2.54. The van der Waals surface area contributed by atoms with Gasteiger partial charge in [-0.1, -0.05) is 5.75 Å². The fourth-order valence-electron chi connectivity index (χ4n) is 0.551. The standard InChI is InChI=1S/C6H2F4O/c7-2-1-3(11)5(9)6(10)4(2)8/h1,11H/p-1. The highest BCUT2D eigenvalue weighted by Gasteiger charge is 2.13. The molecule has 0 spiro atoms. The van der Waals surface area contributed by atoms with E-state index in [1.165, 1.54) is 0 Å².